The Morgan fingerprint density at radius 3 is 2.50 bits per heavy atom. The molecule has 0 atom stereocenters. The molecule has 4 aromatic rings. The Morgan fingerprint density at radius 2 is 1.82 bits per heavy atom. The molecule has 1 saturated heterocycles. The Bertz CT molecular complexity index is 1640. The zero-order chi connectivity index (χ0) is 31.5. The average molecular weight is 604 g/mol. The first-order valence-electron chi connectivity index (χ1n) is 14.3. The number of nitrogens with one attached hydrogen (secondary N) is 1. The number of anilines is 2. The van der Waals surface area contributed by atoms with E-state index >= 15 is 0 Å². The second kappa shape index (κ2) is 12.4. The van der Waals surface area contributed by atoms with E-state index in [2.05, 4.69) is 15.3 Å². The highest BCUT2D eigenvalue weighted by Gasteiger charge is 2.37. The predicted molar refractivity (Wildman–Crippen MR) is 164 cm³/mol. The zero-order valence-electron chi connectivity index (χ0n) is 25.2. The monoisotopic (exact) mass is 603 g/mol. The summed E-state index contributed by atoms with van der Waals surface area (Å²) in [7, 11) is 1.49. The first-order valence-corrected chi connectivity index (χ1v) is 14.3. The summed E-state index contributed by atoms with van der Waals surface area (Å²) in [6, 6.07) is 14.5. The molecular weight excluding hydrogens is 566 g/mol. The SMILES string of the molecule is COc1cc(-c2nn(CC3(O)CCN(C(=O)OC(C)(C)C)CC3)c3ncnc(N)c23)ccc1NC(=O)OCc1ccccc1. The number of hydrogen-bond acceptors (Lipinski definition) is 10. The van der Waals surface area contributed by atoms with Crippen molar-refractivity contribution in [2.45, 2.75) is 58.0 Å². The molecule has 5 rings (SSSR count). The van der Waals surface area contributed by atoms with Crippen LogP contribution in [0.2, 0.25) is 0 Å². The van der Waals surface area contributed by atoms with Crippen LogP contribution in [0.15, 0.2) is 54.9 Å². The maximum absolute atomic E-state index is 12.5. The van der Waals surface area contributed by atoms with Gasteiger partial charge in [-0.05, 0) is 51.3 Å². The number of fused-ring (bicyclic) bond motifs is 1. The van der Waals surface area contributed by atoms with Crippen molar-refractivity contribution in [2.24, 2.45) is 0 Å². The molecule has 0 radical (unpaired) electrons. The van der Waals surface area contributed by atoms with Crippen LogP contribution in [0.4, 0.5) is 21.1 Å². The van der Waals surface area contributed by atoms with Crippen molar-refractivity contribution in [1.82, 2.24) is 24.6 Å². The van der Waals surface area contributed by atoms with Crippen molar-refractivity contribution < 1.29 is 28.9 Å². The Kier molecular flexibility index (Phi) is 8.59. The summed E-state index contributed by atoms with van der Waals surface area (Å²) in [5, 5.41) is 19.5. The quantitative estimate of drug-likeness (QED) is 0.272. The van der Waals surface area contributed by atoms with E-state index in [-0.39, 0.29) is 19.0 Å². The molecule has 2 amide bonds. The molecular formula is C31H37N7O6. The maximum Gasteiger partial charge on any atom is 0.412 e. The molecule has 2 aromatic carbocycles. The normalized spacial score (nSPS) is 14.7. The van der Waals surface area contributed by atoms with E-state index in [1.807, 2.05) is 51.1 Å². The number of rotatable bonds is 7. The molecule has 1 aliphatic heterocycles. The molecule has 0 spiro atoms. The Labute approximate surface area is 254 Å². The van der Waals surface area contributed by atoms with Gasteiger partial charge in [0.05, 0.1) is 30.3 Å². The van der Waals surface area contributed by atoms with Gasteiger partial charge in [-0.3, -0.25) is 5.32 Å². The standard InChI is InChI=1S/C31H37N7O6/c1-30(2,3)44-29(40)37-14-12-31(41,13-15-37)18-38-27-24(26(32)33-19-34-27)25(36-38)21-10-11-22(23(16-21)42-4)35-28(39)43-17-20-8-6-5-7-9-20/h5-11,16,19,41H,12-15,17-18H2,1-4H3,(H,35,39)(H2,32,33,34). The van der Waals surface area contributed by atoms with E-state index in [0.717, 1.165) is 5.56 Å². The summed E-state index contributed by atoms with van der Waals surface area (Å²) in [5.74, 6) is 0.610. The zero-order valence-corrected chi connectivity index (χ0v) is 25.2. The first kappa shape index (κ1) is 30.5. The van der Waals surface area contributed by atoms with Crippen LogP contribution in [0.25, 0.3) is 22.3 Å². The Balaban J connectivity index is 1.35. The van der Waals surface area contributed by atoms with Crippen molar-refractivity contribution in [1.29, 1.82) is 0 Å². The number of ether oxygens (including phenoxy) is 3. The third kappa shape index (κ3) is 7.00. The minimum Gasteiger partial charge on any atom is -0.495 e. The summed E-state index contributed by atoms with van der Waals surface area (Å²) in [6.07, 6.45) is 0.987. The molecule has 2 aromatic heterocycles. The fourth-order valence-corrected chi connectivity index (χ4v) is 5.02. The fourth-order valence-electron chi connectivity index (χ4n) is 5.02. The van der Waals surface area contributed by atoms with Crippen LogP contribution in [-0.4, -0.2) is 73.3 Å². The van der Waals surface area contributed by atoms with Crippen molar-refractivity contribution in [3.63, 3.8) is 0 Å². The van der Waals surface area contributed by atoms with Crippen LogP contribution in [0, 0.1) is 0 Å². The van der Waals surface area contributed by atoms with Crippen LogP contribution < -0.4 is 15.8 Å². The number of aromatic nitrogens is 4. The molecule has 1 aliphatic rings. The molecule has 0 bridgehead atoms. The number of carbonyl (C=O) groups is 2. The van der Waals surface area contributed by atoms with E-state index in [9.17, 15) is 14.7 Å². The molecule has 0 aliphatic carbocycles. The van der Waals surface area contributed by atoms with Crippen molar-refractivity contribution in [3.05, 3.63) is 60.4 Å². The van der Waals surface area contributed by atoms with E-state index < -0.39 is 23.4 Å². The highest BCUT2D eigenvalue weighted by molar-refractivity contribution is 5.99. The van der Waals surface area contributed by atoms with Gasteiger partial charge in [0.25, 0.3) is 0 Å². The molecule has 1 fully saturated rings. The van der Waals surface area contributed by atoms with Crippen LogP contribution in [-0.2, 0) is 22.6 Å². The summed E-state index contributed by atoms with van der Waals surface area (Å²) >= 11 is 0. The summed E-state index contributed by atoms with van der Waals surface area (Å²) in [6.45, 7) is 6.40. The van der Waals surface area contributed by atoms with Crippen molar-refractivity contribution >= 4 is 34.7 Å². The Hall–Kier alpha value is -4.91. The molecule has 44 heavy (non-hydrogen) atoms. The topological polar surface area (TPSA) is 167 Å². The number of amides is 2. The number of carbonyl (C=O) groups excluding carboxylic acids is 2. The van der Waals surface area contributed by atoms with Gasteiger partial charge in [0.2, 0.25) is 0 Å². The molecule has 13 nitrogen and oxygen atoms in total. The average Bonchev–Trinajstić information content (AvgIpc) is 3.35. The fraction of sp³-hybridized carbons (Fsp3) is 0.387. The summed E-state index contributed by atoms with van der Waals surface area (Å²) in [4.78, 5) is 35.2. The van der Waals surface area contributed by atoms with Crippen molar-refractivity contribution in [2.75, 3.05) is 31.2 Å². The lowest BCUT2D eigenvalue weighted by Crippen LogP contribution is -2.49. The van der Waals surface area contributed by atoms with Crippen LogP contribution in [0.1, 0.15) is 39.2 Å². The van der Waals surface area contributed by atoms with E-state index in [4.69, 9.17) is 25.0 Å². The van der Waals surface area contributed by atoms with Gasteiger partial charge in [-0.15, -0.1) is 0 Å². The van der Waals surface area contributed by atoms with Crippen molar-refractivity contribution in [3.8, 4) is 17.0 Å². The summed E-state index contributed by atoms with van der Waals surface area (Å²) < 4.78 is 18.0. The van der Waals surface area contributed by atoms with Gasteiger partial charge in [0.15, 0.2) is 5.65 Å². The van der Waals surface area contributed by atoms with Gasteiger partial charge in [-0.1, -0.05) is 36.4 Å². The lowest BCUT2D eigenvalue weighted by molar-refractivity contribution is -0.0425. The van der Waals surface area contributed by atoms with Gasteiger partial charge in [-0.25, -0.2) is 24.2 Å². The molecule has 13 heteroatoms. The van der Waals surface area contributed by atoms with Gasteiger partial charge in [-0.2, -0.15) is 5.10 Å². The first-order chi connectivity index (χ1) is 20.9. The van der Waals surface area contributed by atoms with Crippen LogP contribution >= 0.6 is 0 Å². The number of hydrogen-bond donors (Lipinski definition) is 3. The highest BCUT2D eigenvalue weighted by Crippen LogP contribution is 2.36. The van der Waals surface area contributed by atoms with Gasteiger partial charge < -0.3 is 30.0 Å². The van der Waals surface area contributed by atoms with Crippen LogP contribution in [0.3, 0.4) is 0 Å². The number of nitrogen functional groups attached to an aromatic ring is 1. The number of benzene rings is 2. The predicted octanol–water partition coefficient (Wildman–Crippen LogP) is 4.59. The maximum atomic E-state index is 12.5. The number of aliphatic hydroxyl groups is 1. The largest absolute Gasteiger partial charge is 0.495 e. The second-order valence-corrected chi connectivity index (χ2v) is 11.8. The molecule has 4 N–H and O–H groups in total. The molecule has 0 saturated carbocycles. The smallest absolute Gasteiger partial charge is 0.412 e. The van der Waals surface area contributed by atoms with E-state index in [1.54, 1.807) is 27.8 Å². The third-order valence-electron chi connectivity index (χ3n) is 7.27. The van der Waals surface area contributed by atoms with Crippen LogP contribution in [0.5, 0.6) is 5.75 Å². The number of nitrogens with zero attached hydrogens (tertiary/aromatic N) is 5. The lowest BCUT2D eigenvalue weighted by atomic mass is 9.91. The summed E-state index contributed by atoms with van der Waals surface area (Å²) in [5.41, 5.74) is 7.42. The lowest BCUT2D eigenvalue weighted by Gasteiger charge is -2.38. The van der Waals surface area contributed by atoms with E-state index in [0.29, 0.717) is 59.7 Å². The Morgan fingerprint density at radius 1 is 1.09 bits per heavy atom. The minimum atomic E-state index is -1.14. The number of piperidine rings is 1. The van der Waals surface area contributed by atoms with Gasteiger partial charge in [0.1, 0.15) is 35.8 Å². The molecule has 232 valence electrons. The number of likely N-dealkylation sites (tertiary alicyclic amines) is 1. The number of nitrogens with two attached hydrogens (primary N) is 1. The van der Waals surface area contributed by atoms with E-state index in [1.165, 1.54) is 13.4 Å². The van der Waals surface area contributed by atoms with Gasteiger partial charge in [0, 0.05) is 18.7 Å². The molecule has 0 unspecified atom stereocenters. The molecule has 3 heterocycles. The number of methoxy groups -OCH3 is 1. The minimum absolute atomic E-state index is 0.126. The highest BCUT2D eigenvalue weighted by atomic mass is 16.6. The third-order valence-corrected chi connectivity index (χ3v) is 7.27. The second-order valence-electron chi connectivity index (χ2n) is 11.8. The van der Waals surface area contributed by atoms with Gasteiger partial charge >= 0.3 is 12.2 Å².